The van der Waals surface area contributed by atoms with Crippen molar-refractivity contribution >= 4 is 23.2 Å². The number of hydrogen-bond donors (Lipinski definition) is 1. The van der Waals surface area contributed by atoms with Crippen LogP contribution < -0.4 is 5.73 Å². The van der Waals surface area contributed by atoms with Crippen LogP contribution in [0.3, 0.4) is 0 Å². The van der Waals surface area contributed by atoms with E-state index in [0.29, 0.717) is 34.8 Å². The van der Waals surface area contributed by atoms with E-state index in [-0.39, 0.29) is 0 Å². The van der Waals surface area contributed by atoms with Gasteiger partial charge in [0.2, 0.25) is 5.89 Å². The Morgan fingerprint density at radius 2 is 2.16 bits per heavy atom. The molecule has 1 unspecified atom stereocenters. The third kappa shape index (κ3) is 3.67. The van der Waals surface area contributed by atoms with Crippen molar-refractivity contribution in [2.75, 3.05) is 13.7 Å². The molecule has 0 bridgehead atoms. The number of aromatic nitrogens is 2. The zero-order valence-electron chi connectivity index (χ0n) is 10.3. The van der Waals surface area contributed by atoms with Gasteiger partial charge < -0.3 is 15.0 Å². The number of halogens is 2. The molecule has 2 rings (SSSR count). The Hall–Kier alpha value is -1.14. The Labute approximate surface area is 120 Å². The van der Waals surface area contributed by atoms with E-state index in [0.717, 1.165) is 5.56 Å². The summed E-state index contributed by atoms with van der Waals surface area (Å²) in [6, 6.07) is 4.95. The number of nitrogens with zero attached hydrogens (tertiary/aromatic N) is 2. The molecule has 0 aliphatic heterocycles. The molecule has 2 aromatic rings. The van der Waals surface area contributed by atoms with Crippen LogP contribution in [-0.4, -0.2) is 23.9 Å². The summed E-state index contributed by atoms with van der Waals surface area (Å²) >= 11 is 11.8. The fraction of sp³-hybridized carbons (Fsp3) is 0.333. The van der Waals surface area contributed by atoms with Crippen LogP contribution in [0.25, 0.3) is 0 Å². The van der Waals surface area contributed by atoms with Gasteiger partial charge in [-0.15, -0.1) is 0 Å². The van der Waals surface area contributed by atoms with Crippen molar-refractivity contribution in [3.8, 4) is 0 Å². The number of methoxy groups -OCH3 is 1. The molecule has 7 heteroatoms. The Kier molecular flexibility index (Phi) is 4.76. The van der Waals surface area contributed by atoms with Crippen molar-refractivity contribution in [1.82, 2.24) is 10.1 Å². The van der Waals surface area contributed by atoms with E-state index in [2.05, 4.69) is 10.1 Å². The molecule has 2 N–H and O–H groups in total. The third-order valence-electron chi connectivity index (χ3n) is 2.49. The summed E-state index contributed by atoms with van der Waals surface area (Å²) in [5.74, 6) is 0.900. The van der Waals surface area contributed by atoms with Crippen molar-refractivity contribution in [3.63, 3.8) is 0 Å². The first-order valence-corrected chi connectivity index (χ1v) is 6.36. The van der Waals surface area contributed by atoms with Crippen molar-refractivity contribution < 1.29 is 9.26 Å². The lowest BCUT2D eigenvalue weighted by Crippen LogP contribution is -2.16. The highest BCUT2D eigenvalue weighted by Crippen LogP contribution is 2.23. The molecule has 0 radical (unpaired) electrons. The first-order valence-electron chi connectivity index (χ1n) is 5.61. The van der Waals surface area contributed by atoms with Crippen LogP contribution in [0.5, 0.6) is 0 Å². The summed E-state index contributed by atoms with van der Waals surface area (Å²) in [6.45, 7) is 0.328. The number of benzene rings is 1. The van der Waals surface area contributed by atoms with E-state index in [1.54, 1.807) is 19.2 Å². The first-order chi connectivity index (χ1) is 9.10. The van der Waals surface area contributed by atoms with Gasteiger partial charge in [0.1, 0.15) is 6.04 Å². The van der Waals surface area contributed by atoms with E-state index >= 15 is 0 Å². The van der Waals surface area contributed by atoms with Crippen LogP contribution in [0.15, 0.2) is 22.7 Å². The van der Waals surface area contributed by atoms with Crippen LogP contribution in [0.1, 0.15) is 23.3 Å². The average Bonchev–Trinajstić information content (AvgIpc) is 2.83. The van der Waals surface area contributed by atoms with Gasteiger partial charge >= 0.3 is 0 Å². The maximum atomic E-state index is 5.94. The lowest BCUT2D eigenvalue weighted by Gasteiger charge is -2.03. The van der Waals surface area contributed by atoms with E-state index in [1.807, 2.05) is 6.07 Å². The van der Waals surface area contributed by atoms with Gasteiger partial charge in [0.25, 0.3) is 0 Å². The Morgan fingerprint density at radius 3 is 2.84 bits per heavy atom. The normalized spacial score (nSPS) is 12.6. The molecule has 1 aromatic heterocycles. The Balaban J connectivity index is 2.09. The van der Waals surface area contributed by atoms with Crippen molar-refractivity contribution in [2.45, 2.75) is 12.5 Å². The second-order valence-electron chi connectivity index (χ2n) is 4.04. The lowest BCUT2D eigenvalue weighted by atomic mass is 10.1. The summed E-state index contributed by atoms with van der Waals surface area (Å²) in [6.07, 6.45) is 0.500. The molecule has 1 heterocycles. The molecule has 0 spiro atoms. The number of hydrogen-bond acceptors (Lipinski definition) is 5. The Morgan fingerprint density at radius 1 is 1.37 bits per heavy atom. The highest BCUT2D eigenvalue weighted by molar-refractivity contribution is 6.42. The third-order valence-corrected chi connectivity index (χ3v) is 3.23. The zero-order valence-corrected chi connectivity index (χ0v) is 11.8. The van der Waals surface area contributed by atoms with E-state index in [9.17, 15) is 0 Å². The van der Waals surface area contributed by atoms with Gasteiger partial charge in [-0.3, -0.25) is 0 Å². The number of ether oxygens (including phenoxy) is 1. The minimum absolute atomic E-state index is 0.328. The van der Waals surface area contributed by atoms with Gasteiger partial charge in [-0.1, -0.05) is 34.4 Å². The van der Waals surface area contributed by atoms with Gasteiger partial charge in [0.05, 0.1) is 16.7 Å². The fourth-order valence-electron chi connectivity index (χ4n) is 1.57. The second-order valence-corrected chi connectivity index (χ2v) is 4.85. The topological polar surface area (TPSA) is 74.2 Å². The molecule has 0 aliphatic carbocycles. The zero-order chi connectivity index (χ0) is 13.8. The monoisotopic (exact) mass is 301 g/mol. The fourth-order valence-corrected chi connectivity index (χ4v) is 1.89. The van der Waals surface area contributed by atoms with Gasteiger partial charge in [-0.05, 0) is 17.7 Å². The molecule has 1 aromatic carbocycles. The van der Waals surface area contributed by atoms with Crippen LogP contribution in [0.2, 0.25) is 10.0 Å². The number of rotatable bonds is 5. The molecule has 0 amide bonds. The largest absolute Gasteiger partial charge is 0.383 e. The van der Waals surface area contributed by atoms with Gasteiger partial charge in [0.15, 0.2) is 5.82 Å². The lowest BCUT2D eigenvalue weighted by molar-refractivity contribution is 0.166. The molecule has 5 nitrogen and oxygen atoms in total. The predicted octanol–water partition coefficient (Wildman–Crippen LogP) is 2.61. The first kappa shape index (κ1) is 14.3. The van der Waals surface area contributed by atoms with Crippen LogP contribution in [-0.2, 0) is 11.2 Å². The quantitative estimate of drug-likeness (QED) is 0.919. The molecular weight excluding hydrogens is 289 g/mol. The molecule has 1 atom stereocenters. The second kappa shape index (κ2) is 6.34. The predicted molar refractivity (Wildman–Crippen MR) is 72.4 cm³/mol. The summed E-state index contributed by atoms with van der Waals surface area (Å²) in [7, 11) is 1.56. The molecule has 102 valence electrons. The highest BCUT2D eigenvalue weighted by Gasteiger charge is 2.14. The SMILES string of the molecule is COCC(N)c1nc(Cc2ccc(Cl)c(Cl)c2)no1. The molecular formula is C12H13Cl2N3O2. The Bertz CT molecular complexity index is 560. The van der Waals surface area contributed by atoms with E-state index in [1.165, 1.54) is 0 Å². The van der Waals surface area contributed by atoms with Gasteiger partial charge in [0, 0.05) is 13.5 Å². The van der Waals surface area contributed by atoms with Gasteiger partial charge in [-0.2, -0.15) is 4.98 Å². The minimum atomic E-state index is -0.417. The summed E-state index contributed by atoms with van der Waals surface area (Å²) in [4.78, 5) is 4.22. The molecule has 0 saturated heterocycles. The van der Waals surface area contributed by atoms with Crippen molar-refractivity contribution in [3.05, 3.63) is 45.5 Å². The van der Waals surface area contributed by atoms with E-state index in [4.69, 9.17) is 38.2 Å². The van der Waals surface area contributed by atoms with Crippen molar-refractivity contribution in [2.24, 2.45) is 5.73 Å². The maximum Gasteiger partial charge on any atom is 0.245 e. The van der Waals surface area contributed by atoms with Crippen molar-refractivity contribution in [1.29, 1.82) is 0 Å². The molecule has 0 fully saturated rings. The average molecular weight is 302 g/mol. The minimum Gasteiger partial charge on any atom is -0.383 e. The van der Waals surface area contributed by atoms with E-state index < -0.39 is 6.04 Å². The van der Waals surface area contributed by atoms with Crippen LogP contribution in [0.4, 0.5) is 0 Å². The van der Waals surface area contributed by atoms with Crippen LogP contribution in [0, 0.1) is 0 Å². The summed E-state index contributed by atoms with van der Waals surface area (Å²) < 4.78 is 10.0. The number of nitrogens with two attached hydrogens (primary N) is 1. The highest BCUT2D eigenvalue weighted by atomic mass is 35.5. The molecule has 19 heavy (non-hydrogen) atoms. The van der Waals surface area contributed by atoms with Gasteiger partial charge in [-0.25, -0.2) is 0 Å². The smallest absolute Gasteiger partial charge is 0.245 e. The molecule has 0 saturated carbocycles. The maximum absolute atomic E-state index is 5.94. The summed E-state index contributed by atoms with van der Waals surface area (Å²) in [5.41, 5.74) is 6.74. The summed E-state index contributed by atoms with van der Waals surface area (Å²) in [5, 5.41) is 4.88. The molecule has 0 aliphatic rings. The van der Waals surface area contributed by atoms with Crippen LogP contribution >= 0.6 is 23.2 Å². The standard InChI is InChI=1S/C12H13Cl2N3O2/c1-18-6-10(15)12-16-11(17-19-12)5-7-2-3-8(13)9(14)4-7/h2-4,10H,5-6,15H2,1H3.